The van der Waals surface area contributed by atoms with Gasteiger partial charge < -0.3 is 9.84 Å². The smallest absolute Gasteiger partial charge is 0.308 e. The van der Waals surface area contributed by atoms with Crippen LogP contribution in [0.25, 0.3) is 0 Å². The summed E-state index contributed by atoms with van der Waals surface area (Å²) < 4.78 is 32.1. The van der Waals surface area contributed by atoms with Crippen LogP contribution in [0.15, 0.2) is 27.6 Å². The number of nitrogens with zero attached hydrogens (tertiary/aromatic N) is 1. The highest BCUT2D eigenvalue weighted by atomic mass is 79.9. The lowest BCUT2D eigenvalue weighted by Crippen LogP contribution is -2.30. The Hall–Kier alpha value is -1.12. The first-order chi connectivity index (χ1) is 9.77. The van der Waals surface area contributed by atoms with E-state index in [-0.39, 0.29) is 23.9 Å². The first kappa shape index (κ1) is 16.3. The Bertz CT molecular complexity index is 661. The number of carboxylic acids is 1. The van der Waals surface area contributed by atoms with Crippen molar-refractivity contribution in [3.8, 4) is 5.75 Å². The molecular formula is C13H16BrNO5S. The highest BCUT2D eigenvalue weighted by Gasteiger charge is 2.41. The van der Waals surface area contributed by atoms with Crippen molar-refractivity contribution in [2.24, 2.45) is 11.8 Å². The van der Waals surface area contributed by atoms with Gasteiger partial charge in [0.1, 0.15) is 10.6 Å². The van der Waals surface area contributed by atoms with E-state index in [1.54, 1.807) is 19.1 Å². The largest absolute Gasteiger partial charge is 0.497 e. The quantitative estimate of drug-likeness (QED) is 0.864. The molecule has 0 aliphatic carbocycles. The molecule has 2 atom stereocenters. The van der Waals surface area contributed by atoms with Gasteiger partial charge in [-0.3, -0.25) is 4.79 Å². The van der Waals surface area contributed by atoms with Gasteiger partial charge in [-0.15, -0.1) is 0 Å². The van der Waals surface area contributed by atoms with Crippen LogP contribution in [-0.4, -0.2) is 44.0 Å². The Kier molecular flexibility index (Phi) is 4.60. The van der Waals surface area contributed by atoms with Crippen molar-refractivity contribution in [3.63, 3.8) is 0 Å². The summed E-state index contributed by atoms with van der Waals surface area (Å²) in [5.41, 5.74) is 0. The van der Waals surface area contributed by atoms with Crippen LogP contribution in [0.2, 0.25) is 0 Å². The normalized spacial score (nSPS) is 23.2. The van der Waals surface area contributed by atoms with Gasteiger partial charge in [0.15, 0.2) is 0 Å². The fraction of sp³-hybridized carbons (Fsp3) is 0.462. The van der Waals surface area contributed by atoms with Crippen LogP contribution in [0.3, 0.4) is 0 Å². The molecule has 1 aliphatic heterocycles. The van der Waals surface area contributed by atoms with E-state index in [1.165, 1.54) is 17.5 Å². The van der Waals surface area contributed by atoms with Crippen LogP contribution >= 0.6 is 15.9 Å². The summed E-state index contributed by atoms with van der Waals surface area (Å²) in [6.07, 6.45) is 0. The minimum Gasteiger partial charge on any atom is -0.497 e. The first-order valence-electron chi connectivity index (χ1n) is 6.34. The zero-order valence-corrected chi connectivity index (χ0v) is 14.0. The van der Waals surface area contributed by atoms with E-state index in [9.17, 15) is 13.2 Å². The van der Waals surface area contributed by atoms with Crippen LogP contribution in [-0.2, 0) is 14.8 Å². The Morgan fingerprint density at radius 2 is 2.10 bits per heavy atom. The third-order valence-corrected chi connectivity index (χ3v) is 6.48. The second kappa shape index (κ2) is 5.94. The molecule has 0 aromatic heterocycles. The number of methoxy groups -OCH3 is 1. The van der Waals surface area contributed by atoms with Gasteiger partial charge in [-0.05, 0) is 34.0 Å². The van der Waals surface area contributed by atoms with E-state index in [0.717, 1.165) is 0 Å². The molecule has 0 unspecified atom stereocenters. The molecule has 8 heteroatoms. The van der Waals surface area contributed by atoms with Gasteiger partial charge in [-0.1, -0.05) is 6.92 Å². The predicted molar refractivity (Wildman–Crippen MR) is 79.7 cm³/mol. The minimum absolute atomic E-state index is 0.0114. The second-order valence-electron chi connectivity index (χ2n) is 5.04. The maximum atomic E-state index is 12.7. The summed E-state index contributed by atoms with van der Waals surface area (Å²) in [5.74, 6) is -1.44. The molecule has 1 saturated heterocycles. The summed E-state index contributed by atoms with van der Waals surface area (Å²) in [7, 11) is -2.30. The van der Waals surface area contributed by atoms with E-state index in [2.05, 4.69) is 15.9 Å². The fourth-order valence-electron chi connectivity index (χ4n) is 2.39. The zero-order chi connectivity index (χ0) is 15.8. The molecule has 6 nitrogen and oxygen atoms in total. The molecule has 21 heavy (non-hydrogen) atoms. The molecule has 1 aromatic rings. The van der Waals surface area contributed by atoms with Crippen molar-refractivity contribution < 1.29 is 23.1 Å². The molecule has 0 bridgehead atoms. The van der Waals surface area contributed by atoms with Crippen molar-refractivity contribution in [2.45, 2.75) is 11.8 Å². The number of aliphatic carboxylic acids is 1. The van der Waals surface area contributed by atoms with E-state index >= 15 is 0 Å². The van der Waals surface area contributed by atoms with E-state index in [1.807, 2.05) is 0 Å². The second-order valence-corrected chi connectivity index (χ2v) is 7.80. The van der Waals surface area contributed by atoms with Gasteiger partial charge >= 0.3 is 5.97 Å². The number of hydrogen-bond donors (Lipinski definition) is 1. The molecular weight excluding hydrogens is 362 g/mol. The van der Waals surface area contributed by atoms with Gasteiger partial charge in [0.05, 0.1) is 13.0 Å². The molecule has 1 fully saturated rings. The number of hydrogen-bond acceptors (Lipinski definition) is 4. The molecule has 0 radical (unpaired) electrons. The first-order valence-corrected chi connectivity index (χ1v) is 8.57. The van der Waals surface area contributed by atoms with Crippen molar-refractivity contribution in [1.82, 2.24) is 4.31 Å². The molecule has 0 spiro atoms. The average molecular weight is 378 g/mol. The molecule has 116 valence electrons. The highest BCUT2D eigenvalue weighted by Crippen LogP contribution is 2.33. The minimum atomic E-state index is -3.76. The molecule has 1 N–H and O–H groups in total. The van der Waals surface area contributed by atoms with Gasteiger partial charge in [-0.2, -0.15) is 4.31 Å². The van der Waals surface area contributed by atoms with Crippen LogP contribution in [0.4, 0.5) is 0 Å². The molecule has 0 saturated carbocycles. The number of rotatable bonds is 4. The van der Waals surface area contributed by atoms with Crippen molar-refractivity contribution >= 4 is 31.9 Å². The maximum absolute atomic E-state index is 12.7. The van der Waals surface area contributed by atoms with Crippen LogP contribution < -0.4 is 4.74 Å². The number of carbonyl (C=O) groups is 1. The van der Waals surface area contributed by atoms with E-state index < -0.39 is 21.9 Å². The topological polar surface area (TPSA) is 83.9 Å². The molecule has 1 aliphatic rings. The lowest BCUT2D eigenvalue weighted by atomic mass is 9.99. The summed E-state index contributed by atoms with van der Waals surface area (Å²) in [6, 6.07) is 4.67. The van der Waals surface area contributed by atoms with E-state index in [4.69, 9.17) is 9.84 Å². The Balaban J connectivity index is 2.38. The lowest BCUT2D eigenvalue weighted by Gasteiger charge is -2.17. The highest BCUT2D eigenvalue weighted by molar-refractivity contribution is 9.10. The van der Waals surface area contributed by atoms with Crippen LogP contribution in [0.1, 0.15) is 6.92 Å². The van der Waals surface area contributed by atoms with Crippen molar-refractivity contribution in [2.75, 3.05) is 20.2 Å². The number of ether oxygens (including phenoxy) is 1. The summed E-state index contributed by atoms with van der Waals surface area (Å²) in [5, 5.41) is 9.12. The van der Waals surface area contributed by atoms with Crippen molar-refractivity contribution in [1.29, 1.82) is 0 Å². The zero-order valence-electron chi connectivity index (χ0n) is 11.6. The van der Waals surface area contributed by atoms with Gasteiger partial charge in [0.2, 0.25) is 10.0 Å². The lowest BCUT2D eigenvalue weighted by molar-refractivity contribution is -0.142. The number of halogens is 1. The molecule has 2 rings (SSSR count). The number of sulfonamides is 1. The number of benzene rings is 1. The van der Waals surface area contributed by atoms with Crippen LogP contribution in [0, 0.1) is 11.8 Å². The summed E-state index contributed by atoms with van der Waals surface area (Å²) >= 11 is 3.22. The fourth-order valence-corrected chi connectivity index (χ4v) is 4.89. The van der Waals surface area contributed by atoms with Gasteiger partial charge in [-0.25, -0.2) is 8.42 Å². The number of carboxylic acid groups (broad SMARTS) is 1. The third kappa shape index (κ3) is 3.07. The predicted octanol–water partition coefficient (Wildman–Crippen LogP) is 1.80. The summed E-state index contributed by atoms with van der Waals surface area (Å²) in [4.78, 5) is 11.2. The van der Waals surface area contributed by atoms with Crippen LogP contribution in [0.5, 0.6) is 5.75 Å². The molecule has 1 aromatic carbocycles. The standard InChI is InChI=1S/C13H16BrNO5S/c1-8-6-15(7-10(8)13(16)17)21(18,19)12-5-9(20-2)3-4-11(12)14/h3-5,8,10H,6-7H2,1-2H3,(H,16,17)/t8-,10-/m1/s1. The SMILES string of the molecule is COc1ccc(Br)c(S(=O)(=O)N2C[C@@H](C)[C@H](C(=O)O)C2)c1. The Morgan fingerprint density at radius 1 is 1.43 bits per heavy atom. The molecule has 0 amide bonds. The van der Waals surface area contributed by atoms with Gasteiger partial charge in [0, 0.05) is 23.6 Å². The average Bonchev–Trinajstić information content (AvgIpc) is 2.82. The third-order valence-electron chi connectivity index (χ3n) is 3.65. The monoisotopic (exact) mass is 377 g/mol. The Labute approximate surface area is 131 Å². The van der Waals surface area contributed by atoms with E-state index in [0.29, 0.717) is 10.2 Å². The van der Waals surface area contributed by atoms with Gasteiger partial charge in [0.25, 0.3) is 0 Å². The van der Waals surface area contributed by atoms with Crippen molar-refractivity contribution in [3.05, 3.63) is 22.7 Å². The molecule has 1 heterocycles. The Morgan fingerprint density at radius 3 is 2.62 bits per heavy atom. The summed E-state index contributed by atoms with van der Waals surface area (Å²) in [6.45, 7) is 1.93. The maximum Gasteiger partial charge on any atom is 0.308 e.